The van der Waals surface area contributed by atoms with E-state index < -0.39 is 11.8 Å². The molecule has 23 heavy (non-hydrogen) atoms. The van der Waals surface area contributed by atoms with Gasteiger partial charge in [-0.15, -0.1) is 0 Å². The van der Waals surface area contributed by atoms with Crippen molar-refractivity contribution in [2.24, 2.45) is 0 Å². The number of esters is 1. The fourth-order valence-electron chi connectivity index (χ4n) is 2.16. The van der Waals surface area contributed by atoms with Crippen molar-refractivity contribution in [1.29, 1.82) is 0 Å². The molecule has 0 atom stereocenters. The number of allylic oxidation sites excluding steroid dienone is 3. The molecule has 0 N–H and O–H groups in total. The Bertz CT molecular complexity index is 722. The molecule has 1 heterocycles. The molecule has 1 aromatic rings. The Labute approximate surface area is 133 Å². The summed E-state index contributed by atoms with van der Waals surface area (Å²) in [5, 5.41) is 0. The molecule has 2 amide bonds. The molecule has 0 radical (unpaired) electrons. The molecular formula is C17H17FN2O3. The molecule has 0 aliphatic carbocycles. The quantitative estimate of drug-likeness (QED) is 0.805. The highest BCUT2D eigenvalue weighted by Crippen LogP contribution is 2.22. The number of methoxy groups -OCH3 is 1. The predicted octanol–water partition coefficient (Wildman–Crippen LogP) is 3.18. The molecule has 1 aromatic carbocycles. The van der Waals surface area contributed by atoms with Crippen LogP contribution in [0.3, 0.4) is 0 Å². The minimum Gasteiger partial charge on any atom is -0.465 e. The first kappa shape index (κ1) is 16.5. The molecule has 0 saturated heterocycles. The van der Waals surface area contributed by atoms with Crippen molar-refractivity contribution in [2.75, 3.05) is 21.2 Å². The molecule has 6 heteroatoms. The maximum Gasteiger partial charge on any atom is 0.338 e. The van der Waals surface area contributed by atoms with Crippen LogP contribution >= 0.6 is 0 Å². The number of ether oxygens (including phenoxy) is 1. The standard InChI is InChI=1S/C17H17FN2O3/c1-19-11-14(18)15(20(2)17(19)22)10-6-8-12-7-4-5-9-13(12)16(21)23-3/h4-11H,1-3H3/b8-6+,15-10+. The summed E-state index contributed by atoms with van der Waals surface area (Å²) in [6.45, 7) is 0. The number of hydrogen-bond donors (Lipinski definition) is 0. The van der Waals surface area contributed by atoms with Crippen LogP contribution in [0, 0.1) is 0 Å². The van der Waals surface area contributed by atoms with Crippen LogP contribution in [-0.4, -0.2) is 43.0 Å². The highest BCUT2D eigenvalue weighted by Gasteiger charge is 2.25. The van der Waals surface area contributed by atoms with E-state index in [1.807, 2.05) is 0 Å². The average molecular weight is 316 g/mol. The Morgan fingerprint density at radius 2 is 1.96 bits per heavy atom. The Hall–Kier alpha value is -2.89. The Morgan fingerprint density at radius 1 is 1.26 bits per heavy atom. The van der Waals surface area contributed by atoms with Crippen molar-refractivity contribution in [3.63, 3.8) is 0 Å². The SMILES string of the molecule is COC(=O)c1ccccc1/C=C/C=C1\C(F)=CN(C)C(=O)N1C. The first-order chi connectivity index (χ1) is 11.0. The van der Waals surface area contributed by atoms with Gasteiger partial charge in [-0.1, -0.05) is 30.4 Å². The minimum absolute atomic E-state index is 0.153. The number of hydrogen-bond acceptors (Lipinski definition) is 3. The largest absolute Gasteiger partial charge is 0.465 e. The van der Waals surface area contributed by atoms with Crippen LogP contribution in [0.25, 0.3) is 6.08 Å². The molecule has 0 fully saturated rings. The molecule has 1 aliphatic rings. The third-order valence-electron chi connectivity index (χ3n) is 3.40. The lowest BCUT2D eigenvalue weighted by Gasteiger charge is -2.28. The van der Waals surface area contributed by atoms with Gasteiger partial charge in [-0.05, 0) is 17.7 Å². The third kappa shape index (κ3) is 3.48. The lowest BCUT2D eigenvalue weighted by Crippen LogP contribution is -2.39. The molecule has 2 rings (SSSR count). The highest BCUT2D eigenvalue weighted by atomic mass is 19.1. The zero-order valence-corrected chi connectivity index (χ0v) is 13.1. The summed E-state index contributed by atoms with van der Waals surface area (Å²) in [6.07, 6.45) is 5.85. The number of carbonyl (C=O) groups is 2. The molecule has 0 aromatic heterocycles. The summed E-state index contributed by atoms with van der Waals surface area (Å²) < 4.78 is 18.7. The van der Waals surface area contributed by atoms with Crippen molar-refractivity contribution in [2.45, 2.75) is 0 Å². The van der Waals surface area contributed by atoms with Crippen molar-refractivity contribution in [3.8, 4) is 0 Å². The lowest BCUT2D eigenvalue weighted by molar-refractivity contribution is 0.0600. The van der Waals surface area contributed by atoms with Crippen LogP contribution in [0.4, 0.5) is 9.18 Å². The van der Waals surface area contributed by atoms with Crippen LogP contribution in [0.15, 0.2) is 54.1 Å². The number of likely N-dealkylation sites (N-methyl/N-ethyl adjacent to an activating group) is 1. The summed E-state index contributed by atoms with van der Waals surface area (Å²) in [4.78, 5) is 25.9. The lowest BCUT2D eigenvalue weighted by atomic mass is 10.1. The van der Waals surface area contributed by atoms with Crippen molar-refractivity contribution in [3.05, 3.63) is 65.3 Å². The van der Waals surface area contributed by atoms with E-state index >= 15 is 0 Å². The highest BCUT2D eigenvalue weighted by molar-refractivity contribution is 5.93. The van der Waals surface area contributed by atoms with E-state index in [9.17, 15) is 14.0 Å². The van der Waals surface area contributed by atoms with E-state index in [1.165, 1.54) is 37.1 Å². The average Bonchev–Trinajstić information content (AvgIpc) is 2.55. The Balaban J connectivity index is 2.30. The molecule has 0 bridgehead atoms. The first-order valence-corrected chi connectivity index (χ1v) is 6.89. The van der Waals surface area contributed by atoms with Crippen LogP contribution in [0.1, 0.15) is 15.9 Å². The minimum atomic E-state index is -0.513. The van der Waals surface area contributed by atoms with Gasteiger partial charge in [0.15, 0.2) is 5.83 Å². The summed E-state index contributed by atoms with van der Waals surface area (Å²) >= 11 is 0. The maximum atomic E-state index is 14.0. The topological polar surface area (TPSA) is 49.9 Å². The van der Waals surface area contributed by atoms with Gasteiger partial charge in [0.1, 0.15) is 0 Å². The van der Waals surface area contributed by atoms with Crippen LogP contribution in [0.2, 0.25) is 0 Å². The van der Waals surface area contributed by atoms with E-state index in [1.54, 1.807) is 36.4 Å². The van der Waals surface area contributed by atoms with E-state index in [2.05, 4.69) is 0 Å². The van der Waals surface area contributed by atoms with Gasteiger partial charge in [-0.3, -0.25) is 4.90 Å². The number of benzene rings is 1. The summed E-state index contributed by atoms with van der Waals surface area (Å²) in [5.41, 5.74) is 1.20. The van der Waals surface area contributed by atoms with E-state index in [0.29, 0.717) is 11.1 Å². The second-order valence-corrected chi connectivity index (χ2v) is 4.92. The fourth-order valence-corrected chi connectivity index (χ4v) is 2.16. The number of carbonyl (C=O) groups excluding carboxylic acids is 2. The predicted molar refractivity (Wildman–Crippen MR) is 85.0 cm³/mol. The smallest absolute Gasteiger partial charge is 0.338 e. The number of amides is 2. The summed E-state index contributed by atoms with van der Waals surface area (Å²) in [7, 11) is 4.29. The number of halogens is 1. The molecule has 0 spiro atoms. The fraction of sp³-hybridized carbons (Fsp3) is 0.176. The van der Waals surface area contributed by atoms with Gasteiger partial charge < -0.3 is 9.64 Å². The van der Waals surface area contributed by atoms with Gasteiger partial charge >= 0.3 is 12.0 Å². The first-order valence-electron chi connectivity index (χ1n) is 6.89. The molecule has 0 saturated carbocycles. The molecular weight excluding hydrogens is 299 g/mol. The molecule has 0 unspecified atom stereocenters. The second kappa shape index (κ2) is 6.91. The Kier molecular flexibility index (Phi) is 4.95. The second-order valence-electron chi connectivity index (χ2n) is 4.92. The zero-order valence-electron chi connectivity index (χ0n) is 13.1. The monoisotopic (exact) mass is 316 g/mol. The van der Waals surface area contributed by atoms with E-state index in [4.69, 9.17) is 4.74 Å². The van der Waals surface area contributed by atoms with Crippen LogP contribution < -0.4 is 0 Å². The van der Waals surface area contributed by atoms with Gasteiger partial charge in [0.05, 0.1) is 18.4 Å². The van der Waals surface area contributed by atoms with Gasteiger partial charge in [0.2, 0.25) is 0 Å². The number of urea groups is 1. The van der Waals surface area contributed by atoms with Crippen LogP contribution in [0.5, 0.6) is 0 Å². The summed E-state index contributed by atoms with van der Waals surface area (Å²) in [5.74, 6) is -0.962. The van der Waals surface area contributed by atoms with Crippen molar-refractivity contribution in [1.82, 2.24) is 9.80 Å². The van der Waals surface area contributed by atoms with Crippen molar-refractivity contribution >= 4 is 18.1 Å². The van der Waals surface area contributed by atoms with E-state index in [-0.39, 0.29) is 11.7 Å². The number of rotatable bonds is 3. The third-order valence-corrected chi connectivity index (χ3v) is 3.40. The molecule has 1 aliphatic heterocycles. The molecule has 120 valence electrons. The normalized spacial score (nSPS) is 17.0. The zero-order chi connectivity index (χ0) is 17.0. The van der Waals surface area contributed by atoms with Gasteiger partial charge in [0, 0.05) is 20.3 Å². The van der Waals surface area contributed by atoms with Gasteiger partial charge in [-0.25, -0.2) is 14.0 Å². The van der Waals surface area contributed by atoms with Gasteiger partial charge in [0.25, 0.3) is 0 Å². The molecule has 5 nitrogen and oxygen atoms in total. The van der Waals surface area contributed by atoms with E-state index in [0.717, 1.165) is 6.20 Å². The Morgan fingerprint density at radius 3 is 2.65 bits per heavy atom. The maximum absolute atomic E-state index is 14.0. The van der Waals surface area contributed by atoms with Crippen molar-refractivity contribution < 1.29 is 18.7 Å². The van der Waals surface area contributed by atoms with Gasteiger partial charge in [-0.2, -0.15) is 0 Å². The van der Waals surface area contributed by atoms with Crippen LogP contribution in [-0.2, 0) is 4.74 Å². The summed E-state index contributed by atoms with van der Waals surface area (Å²) in [6, 6.07) is 6.57. The number of nitrogens with zero attached hydrogens (tertiary/aromatic N) is 2.